The van der Waals surface area contributed by atoms with E-state index in [9.17, 15) is 9.90 Å². The first-order valence-electron chi connectivity index (χ1n) is 6.62. The van der Waals surface area contributed by atoms with Gasteiger partial charge in [-0.3, -0.25) is 9.69 Å². The van der Waals surface area contributed by atoms with Crippen molar-refractivity contribution >= 4 is 29.1 Å². The Hall–Kier alpha value is -0.810. The summed E-state index contributed by atoms with van der Waals surface area (Å²) in [5.74, 6) is -0.0887. The standard InChI is InChI=1S/C14H18Cl2N2O2/c1-10(19)9-17-5-7-18(8-6-17)14(20)11-3-2-4-12(15)13(11)16/h2-4,10,19H,5-9H2,1H3/t10-/m0/s1. The summed E-state index contributed by atoms with van der Waals surface area (Å²) in [5, 5.41) is 10.1. The molecule has 4 nitrogen and oxygen atoms in total. The van der Waals surface area contributed by atoms with Crippen molar-refractivity contribution in [3.05, 3.63) is 33.8 Å². The summed E-state index contributed by atoms with van der Waals surface area (Å²) in [7, 11) is 0. The molecular formula is C14H18Cl2N2O2. The second kappa shape index (κ2) is 6.76. The Bertz CT molecular complexity index is 486. The molecule has 1 atom stereocenters. The van der Waals surface area contributed by atoms with E-state index in [2.05, 4.69) is 4.90 Å². The zero-order chi connectivity index (χ0) is 14.7. The van der Waals surface area contributed by atoms with Crippen LogP contribution >= 0.6 is 23.2 Å². The van der Waals surface area contributed by atoms with Gasteiger partial charge in [-0.1, -0.05) is 29.3 Å². The van der Waals surface area contributed by atoms with Crippen LogP contribution in [0.15, 0.2) is 18.2 Å². The monoisotopic (exact) mass is 316 g/mol. The van der Waals surface area contributed by atoms with Gasteiger partial charge in [0, 0.05) is 32.7 Å². The first-order valence-corrected chi connectivity index (χ1v) is 7.38. The minimum absolute atomic E-state index is 0.0887. The van der Waals surface area contributed by atoms with E-state index in [1.807, 2.05) is 0 Å². The van der Waals surface area contributed by atoms with Crippen LogP contribution in [0.4, 0.5) is 0 Å². The Labute approximate surface area is 128 Å². The van der Waals surface area contributed by atoms with E-state index < -0.39 is 0 Å². The van der Waals surface area contributed by atoms with Gasteiger partial charge in [0.05, 0.1) is 21.7 Å². The summed E-state index contributed by atoms with van der Waals surface area (Å²) in [6.07, 6.45) is -0.348. The van der Waals surface area contributed by atoms with Crippen LogP contribution in [0.1, 0.15) is 17.3 Å². The lowest BCUT2D eigenvalue weighted by molar-refractivity contribution is 0.0554. The highest BCUT2D eigenvalue weighted by molar-refractivity contribution is 6.43. The van der Waals surface area contributed by atoms with Gasteiger partial charge in [0.15, 0.2) is 0 Å². The number of aliphatic hydroxyl groups excluding tert-OH is 1. The second-order valence-corrected chi connectivity index (χ2v) is 5.83. The number of benzene rings is 1. The molecule has 1 amide bonds. The number of halogens is 2. The Morgan fingerprint density at radius 3 is 2.55 bits per heavy atom. The SMILES string of the molecule is C[C@H](O)CN1CCN(C(=O)c2cccc(Cl)c2Cl)CC1. The Kier molecular flexibility index (Phi) is 5.27. The maximum absolute atomic E-state index is 12.4. The number of nitrogens with zero attached hydrogens (tertiary/aromatic N) is 2. The molecule has 1 aromatic rings. The van der Waals surface area contributed by atoms with Gasteiger partial charge in [0.25, 0.3) is 5.91 Å². The molecule has 0 saturated carbocycles. The molecule has 0 aliphatic carbocycles. The topological polar surface area (TPSA) is 43.8 Å². The van der Waals surface area contributed by atoms with E-state index in [0.29, 0.717) is 35.2 Å². The molecule has 2 rings (SSSR count). The van der Waals surface area contributed by atoms with E-state index in [0.717, 1.165) is 13.1 Å². The minimum Gasteiger partial charge on any atom is -0.392 e. The highest BCUT2D eigenvalue weighted by atomic mass is 35.5. The summed E-state index contributed by atoms with van der Waals surface area (Å²) >= 11 is 12.0. The van der Waals surface area contributed by atoms with Gasteiger partial charge in [0.2, 0.25) is 0 Å². The molecule has 0 radical (unpaired) electrons. The first kappa shape index (κ1) is 15.6. The summed E-state index contributed by atoms with van der Waals surface area (Å²) < 4.78 is 0. The van der Waals surface area contributed by atoms with Crippen LogP contribution in [0.2, 0.25) is 10.0 Å². The van der Waals surface area contributed by atoms with E-state index in [1.54, 1.807) is 30.0 Å². The van der Waals surface area contributed by atoms with Gasteiger partial charge in [-0.2, -0.15) is 0 Å². The molecule has 0 aromatic heterocycles. The maximum atomic E-state index is 12.4. The van der Waals surface area contributed by atoms with Crippen molar-refractivity contribution in [1.29, 1.82) is 0 Å². The number of hydrogen-bond acceptors (Lipinski definition) is 3. The quantitative estimate of drug-likeness (QED) is 0.929. The lowest BCUT2D eigenvalue weighted by Gasteiger charge is -2.35. The molecule has 0 bridgehead atoms. The fourth-order valence-corrected chi connectivity index (χ4v) is 2.73. The summed E-state index contributed by atoms with van der Waals surface area (Å²) in [4.78, 5) is 16.3. The van der Waals surface area contributed by atoms with Gasteiger partial charge in [-0.15, -0.1) is 0 Å². The summed E-state index contributed by atoms with van der Waals surface area (Å²) in [6.45, 7) is 5.19. The number of rotatable bonds is 3. The second-order valence-electron chi connectivity index (χ2n) is 5.04. The molecule has 1 fully saturated rings. The van der Waals surface area contributed by atoms with Crippen molar-refractivity contribution in [3.8, 4) is 0 Å². The number of β-amino-alcohol motifs (C(OH)–C–C–N with tert-alkyl or cyclic N) is 1. The molecule has 1 heterocycles. The molecule has 1 N–H and O–H groups in total. The first-order chi connectivity index (χ1) is 9.49. The minimum atomic E-state index is -0.348. The zero-order valence-electron chi connectivity index (χ0n) is 11.4. The molecule has 6 heteroatoms. The van der Waals surface area contributed by atoms with Gasteiger partial charge in [-0.25, -0.2) is 0 Å². The lowest BCUT2D eigenvalue weighted by Crippen LogP contribution is -2.50. The zero-order valence-corrected chi connectivity index (χ0v) is 12.9. The van der Waals surface area contributed by atoms with Crippen LogP contribution < -0.4 is 0 Å². The van der Waals surface area contributed by atoms with Crippen LogP contribution in [0.5, 0.6) is 0 Å². The number of hydrogen-bond donors (Lipinski definition) is 1. The number of carbonyl (C=O) groups is 1. The number of piperazine rings is 1. The van der Waals surface area contributed by atoms with Crippen LogP contribution in [0.3, 0.4) is 0 Å². The van der Waals surface area contributed by atoms with E-state index in [4.69, 9.17) is 23.2 Å². The lowest BCUT2D eigenvalue weighted by atomic mass is 10.1. The molecule has 1 aliphatic heterocycles. The van der Waals surface area contributed by atoms with Crippen molar-refractivity contribution in [1.82, 2.24) is 9.80 Å². The molecule has 0 unspecified atom stereocenters. The molecular weight excluding hydrogens is 299 g/mol. The average molecular weight is 317 g/mol. The van der Waals surface area contributed by atoms with E-state index in [1.165, 1.54) is 0 Å². The van der Waals surface area contributed by atoms with Gasteiger partial charge in [-0.05, 0) is 19.1 Å². The van der Waals surface area contributed by atoms with Gasteiger partial charge < -0.3 is 10.0 Å². The molecule has 0 spiro atoms. The molecule has 1 saturated heterocycles. The summed E-state index contributed by atoms with van der Waals surface area (Å²) in [5.41, 5.74) is 0.447. The fraction of sp³-hybridized carbons (Fsp3) is 0.500. The Morgan fingerprint density at radius 2 is 1.95 bits per heavy atom. The van der Waals surface area contributed by atoms with Crippen molar-refractivity contribution < 1.29 is 9.90 Å². The molecule has 110 valence electrons. The van der Waals surface area contributed by atoms with Crippen LogP contribution in [-0.4, -0.2) is 59.6 Å². The van der Waals surface area contributed by atoms with Crippen LogP contribution in [0, 0.1) is 0 Å². The third-order valence-corrected chi connectivity index (χ3v) is 4.18. The predicted octanol–water partition coefficient (Wildman–Crippen LogP) is 2.13. The summed E-state index contributed by atoms with van der Waals surface area (Å²) in [6, 6.07) is 5.09. The van der Waals surface area contributed by atoms with Crippen molar-refractivity contribution in [2.24, 2.45) is 0 Å². The highest BCUT2D eigenvalue weighted by Crippen LogP contribution is 2.26. The molecule has 1 aromatic carbocycles. The van der Waals surface area contributed by atoms with E-state index >= 15 is 0 Å². The maximum Gasteiger partial charge on any atom is 0.255 e. The third kappa shape index (κ3) is 3.64. The Morgan fingerprint density at radius 1 is 1.30 bits per heavy atom. The highest BCUT2D eigenvalue weighted by Gasteiger charge is 2.24. The number of amides is 1. The van der Waals surface area contributed by atoms with Crippen LogP contribution in [0.25, 0.3) is 0 Å². The van der Waals surface area contributed by atoms with Crippen LogP contribution in [-0.2, 0) is 0 Å². The molecule has 1 aliphatic rings. The largest absolute Gasteiger partial charge is 0.392 e. The third-order valence-electron chi connectivity index (χ3n) is 3.36. The van der Waals surface area contributed by atoms with E-state index in [-0.39, 0.29) is 12.0 Å². The smallest absolute Gasteiger partial charge is 0.255 e. The average Bonchev–Trinajstić information content (AvgIpc) is 2.41. The molecule has 20 heavy (non-hydrogen) atoms. The Balaban J connectivity index is 2.00. The van der Waals surface area contributed by atoms with Crippen molar-refractivity contribution in [3.63, 3.8) is 0 Å². The number of aliphatic hydroxyl groups is 1. The normalized spacial score (nSPS) is 18.1. The van der Waals surface area contributed by atoms with Gasteiger partial charge >= 0.3 is 0 Å². The van der Waals surface area contributed by atoms with Gasteiger partial charge in [0.1, 0.15) is 0 Å². The van der Waals surface area contributed by atoms with Crippen molar-refractivity contribution in [2.45, 2.75) is 13.0 Å². The predicted molar refractivity (Wildman–Crippen MR) is 80.5 cm³/mol. The fourth-order valence-electron chi connectivity index (χ4n) is 2.35. The van der Waals surface area contributed by atoms with Crippen molar-refractivity contribution in [2.75, 3.05) is 32.7 Å². The number of carbonyl (C=O) groups excluding carboxylic acids is 1.